The van der Waals surface area contributed by atoms with E-state index < -0.39 is 0 Å². The highest BCUT2D eigenvalue weighted by Crippen LogP contribution is 2.31. The molecule has 1 aliphatic heterocycles. The number of benzene rings is 2. The Labute approximate surface area is 193 Å². The maximum absolute atomic E-state index is 13.1. The summed E-state index contributed by atoms with van der Waals surface area (Å²) in [6.45, 7) is 5.03. The van der Waals surface area contributed by atoms with Crippen LogP contribution in [0.15, 0.2) is 52.0 Å². The lowest BCUT2D eigenvalue weighted by atomic mass is 9.93. The summed E-state index contributed by atoms with van der Waals surface area (Å²) in [5, 5.41) is 6.39. The van der Waals surface area contributed by atoms with Gasteiger partial charge in [0.05, 0.1) is 5.71 Å². The van der Waals surface area contributed by atoms with Crippen molar-refractivity contribution in [2.75, 3.05) is 33.2 Å². The van der Waals surface area contributed by atoms with Crippen LogP contribution in [0.1, 0.15) is 50.6 Å². The molecule has 0 atom stereocenters. The summed E-state index contributed by atoms with van der Waals surface area (Å²) in [5.74, 6) is 0.879. The minimum absolute atomic E-state index is 0.0610. The predicted molar refractivity (Wildman–Crippen MR) is 128 cm³/mol. The van der Waals surface area contributed by atoms with Gasteiger partial charge in [-0.1, -0.05) is 36.4 Å². The van der Waals surface area contributed by atoms with Gasteiger partial charge in [0.2, 0.25) is 0 Å². The number of piperazine rings is 1. The van der Waals surface area contributed by atoms with Crippen molar-refractivity contribution >= 4 is 28.3 Å². The minimum atomic E-state index is -0.249. The van der Waals surface area contributed by atoms with Gasteiger partial charge in [-0.25, -0.2) is 5.43 Å². The normalized spacial score (nSPS) is 17.9. The second-order valence-electron chi connectivity index (χ2n) is 8.83. The Morgan fingerprint density at radius 3 is 2.58 bits per heavy atom. The number of fused-ring (bicyclic) bond motifs is 2. The fraction of sp³-hybridized carbons (Fsp3) is 0.346. The Balaban J connectivity index is 1.40. The van der Waals surface area contributed by atoms with E-state index in [1.54, 1.807) is 6.07 Å². The standard InChI is InChI=1S/C26H28N4O3/c1-17-23-21(27-28-25(31)20-10-5-8-18-7-3-4-9-19(18)20)11-6-12-22(23)33-24(17)26(32)30-15-13-29(2)14-16-30/h3-5,7-10H,6,11-16H2,1-2H3,(H,28,31)/b27-21+. The molecule has 2 aliphatic rings. The van der Waals surface area contributed by atoms with Crippen LogP contribution < -0.4 is 5.43 Å². The van der Waals surface area contributed by atoms with E-state index in [0.717, 1.165) is 65.7 Å². The summed E-state index contributed by atoms with van der Waals surface area (Å²) in [6.07, 6.45) is 2.36. The van der Waals surface area contributed by atoms with Gasteiger partial charge >= 0.3 is 0 Å². The SMILES string of the molecule is Cc1c(C(=O)N2CCN(C)CC2)oc2c1/C(=N/NC(=O)c1cccc3ccccc13)CCC2. The summed E-state index contributed by atoms with van der Waals surface area (Å²) in [4.78, 5) is 30.1. The van der Waals surface area contributed by atoms with Crippen LogP contribution in [-0.2, 0) is 6.42 Å². The molecule has 7 heteroatoms. The van der Waals surface area contributed by atoms with Gasteiger partial charge in [0.1, 0.15) is 5.76 Å². The average Bonchev–Trinajstić information content (AvgIpc) is 3.19. The van der Waals surface area contributed by atoms with Crippen LogP contribution in [0.25, 0.3) is 10.8 Å². The number of furan rings is 1. The molecule has 33 heavy (non-hydrogen) atoms. The van der Waals surface area contributed by atoms with Crippen LogP contribution in [0.5, 0.6) is 0 Å². The summed E-state index contributed by atoms with van der Waals surface area (Å²) in [7, 11) is 2.06. The van der Waals surface area contributed by atoms with Crippen LogP contribution in [0.4, 0.5) is 0 Å². The first-order chi connectivity index (χ1) is 16.0. The second kappa shape index (κ2) is 8.83. The van der Waals surface area contributed by atoms with Crippen LogP contribution in [0.2, 0.25) is 0 Å². The van der Waals surface area contributed by atoms with Crippen LogP contribution in [0, 0.1) is 6.92 Å². The van der Waals surface area contributed by atoms with Crippen molar-refractivity contribution in [1.82, 2.24) is 15.2 Å². The minimum Gasteiger partial charge on any atom is -0.455 e. The van der Waals surface area contributed by atoms with Crippen molar-refractivity contribution < 1.29 is 14.0 Å². The van der Waals surface area contributed by atoms with E-state index in [1.165, 1.54) is 0 Å². The molecule has 2 heterocycles. The number of hydrogen-bond acceptors (Lipinski definition) is 5. The summed E-state index contributed by atoms with van der Waals surface area (Å²) in [6, 6.07) is 13.5. The molecule has 3 aromatic rings. The van der Waals surface area contributed by atoms with Crippen molar-refractivity contribution in [3.63, 3.8) is 0 Å². The van der Waals surface area contributed by atoms with Gasteiger partial charge in [0, 0.05) is 49.3 Å². The molecule has 170 valence electrons. The zero-order chi connectivity index (χ0) is 22.9. The van der Waals surface area contributed by atoms with Crippen molar-refractivity contribution in [3.8, 4) is 0 Å². The fourth-order valence-electron chi connectivity index (χ4n) is 4.74. The highest BCUT2D eigenvalue weighted by molar-refractivity contribution is 6.09. The molecule has 1 N–H and O–H groups in total. The molecule has 0 unspecified atom stereocenters. The molecule has 2 amide bonds. The van der Waals surface area contributed by atoms with Crippen LogP contribution >= 0.6 is 0 Å². The number of amides is 2. The average molecular weight is 445 g/mol. The third-order valence-corrected chi connectivity index (χ3v) is 6.64. The molecule has 5 rings (SSSR count). The van der Waals surface area contributed by atoms with Crippen molar-refractivity contribution in [1.29, 1.82) is 0 Å². The first-order valence-corrected chi connectivity index (χ1v) is 11.5. The van der Waals surface area contributed by atoms with E-state index in [1.807, 2.05) is 48.2 Å². The lowest BCUT2D eigenvalue weighted by Crippen LogP contribution is -2.47. The topological polar surface area (TPSA) is 78.2 Å². The highest BCUT2D eigenvalue weighted by atomic mass is 16.4. The van der Waals surface area contributed by atoms with E-state index >= 15 is 0 Å². The van der Waals surface area contributed by atoms with E-state index in [9.17, 15) is 9.59 Å². The summed E-state index contributed by atoms with van der Waals surface area (Å²) < 4.78 is 6.06. The molecule has 2 aromatic carbocycles. The molecule has 1 saturated heterocycles. The van der Waals surface area contributed by atoms with Gasteiger partial charge in [-0.15, -0.1) is 0 Å². The number of likely N-dealkylation sites (N-methyl/N-ethyl adjacent to an activating group) is 1. The molecular weight excluding hydrogens is 416 g/mol. The molecule has 0 bridgehead atoms. The van der Waals surface area contributed by atoms with Gasteiger partial charge < -0.3 is 14.2 Å². The Morgan fingerprint density at radius 2 is 1.76 bits per heavy atom. The van der Waals surface area contributed by atoms with Crippen molar-refractivity contribution in [2.45, 2.75) is 26.2 Å². The quantitative estimate of drug-likeness (QED) is 0.626. The summed E-state index contributed by atoms with van der Waals surface area (Å²) >= 11 is 0. The van der Waals surface area contributed by atoms with E-state index in [-0.39, 0.29) is 11.8 Å². The smallest absolute Gasteiger partial charge is 0.289 e. The number of hydrazone groups is 1. The summed E-state index contributed by atoms with van der Waals surface area (Å²) in [5.41, 5.74) is 5.78. The van der Waals surface area contributed by atoms with Crippen molar-refractivity contribution in [3.05, 3.63) is 70.7 Å². The number of nitrogens with one attached hydrogen (secondary N) is 1. The van der Waals surface area contributed by atoms with Crippen LogP contribution in [0.3, 0.4) is 0 Å². The maximum Gasteiger partial charge on any atom is 0.289 e. The molecular formula is C26H28N4O3. The van der Waals surface area contributed by atoms with E-state index in [2.05, 4.69) is 22.5 Å². The Kier molecular flexibility index (Phi) is 5.72. The zero-order valence-electron chi connectivity index (χ0n) is 19.1. The number of carbonyl (C=O) groups is 2. The molecule has 0 radical (unpaired) electrons. The Bertz CT molecular complexity index is 1250. The first kappa shape index (κ1) is 21.4. The van der Waals surface area contributed by atoms with Gasteiger partial charge in [-0.3, -0.25) is 9.59 Å². The van der Waals surface area contributed by atoms with Gasteiger partial charge in [-0.2, -0.15) is 5.10 Å². The molecule has 7 nitrogen and oxygen atoms in total. The largest absolute Gasteiger partial charge is 0.455 e. The van der Waals surface area contributed by atoms with Gasteiger partial charge in [-0.05, 0) is 43.7 Å². The molecule has 0 saturated carbocycles. The molecule has 1 fully saturated rings. The highest BCUT2D eigenvalue weighted by Gasteiger charge is 2.31. The lowest BCUT2D eigenvalue weighted by molar-refractivity contribution is 0.0629. The third kappa shape index (κ3) is 4.04. The number of rotatable bonds is 3. The third-order valence-electron chi connectivity index (χ3n) is 6.64. The lowest BCUT2D eigenvalue weighted by Gasteiger charge is -2.31. The molecule has 1 aliphatic carbocycles. The van der Waals surface area contributed by atoms with Gasteiger partial charge in [0.15, 0.2) is 5.76 Å². The molecule has 1 aromatic heterocycles. The Hall–Kier alpha value is -3.45. The van der Waals surface area contributed by atoms with E-state index in [0.29, 0.717) is 24.4 Å². The monoisotopic (exact) mass is 444 g/mol. The van der Waals surface area contributed by atoms with Gasteiger partial charge in [0.25, 0.3) is 11.8 Å². The number of aryl methyl sites for hydroxylation is 1. The van der Waals surface area contributed by atoms with Crippen molar-refractivity contribution in [2.24, 2.45) is 5.10 Å². The maximum atomic E-state index is 13.1. The molecule has 0 spiro atoms. The predicted octanol–water partition coefficient (Wildman–Crippen LogP) is 3.60. The second-order valence-corrected chi connectivity index (χ2v) is 8.83. The Morgan fingerprint density at radius 1 is 1.00 bits per heavy atom. The van der Waals surface area contributed by atoms with Crippen LogP contribution in [-0.4, -0.2) is 60.6 Å². The number of nitrogens with zero attached hydrogens (tertiary/aromatic N) is 3. The first-order valence-electron chi connectivity index (χ1n) is 11.5. The fourth-order valence-corrected chi connectivity index (χ4v) is 4.74. The zero-order valence-corrected chi connectivity index (χ0v) is 19.1. The number of carbonyl (C=O) groups excluding carboxylic acids is 2. The van der Waals surface area contributed by atoms with E-state index in [4.69, 9.17) is 4.42 Å². The number of hydrogen-bond donors (Lipinski definition) is 1.